The minimum atomic E-state index is -1.07. The molecule has 0 unspecified atom stereocenters. The molecule has 2 N–H and O–H groups in total. The quantitative estimate of drug-likeness (QED) is 0.891. The molecule has 0 aliphatic carbocycles. The van der Waals surface area contributed by atoms with Gasteiger partial charge in [-0.2, -0.15) is 0 Å². The maximum atomic E-state index is 11.8. The molecule has 0 spiro atoms. The first-order valence-electron chi connectivity index (χ1n) is 7.81. The number of hydrogen-bond acceptors (Lipinski definition) is 4. The maximum Gasteiger partial charge on any atom is 0.408 e. The van der Waals surface area contributed by atoms with Gasteiger partial charge in [-0.25, -0.2) is 9.59 Å². The minimum absolute atomic E-state index is 0.214. The molecule has 0 aromatic heterocycles. The van der Waals surface area contributed by atoms with Crippen LogP contribution in [-0.2, 0) is 16.0 Å². The van der Waals surface area contributed by atoms with Crippen LogP contribution in [0.2, 0.25) is 0 Å². The lowest BCUT2D eigenvalue weighted by Crippen LogP contribution is -2.50. The number of hydrogen-bond donors (Lipinski definition) is 2. The van der Waals surface area contributed by atoms with Gasteiger partial charge in [0.1, 0.15) is 11.6 Å². The Balaban J connectivity index is 2.06. The van der Waals surface area contributed by atoms with Crippen molar-refractivity contribution in [2.24, 2.45) is 0 Å². The Kier molecular flexibility index (Phi) is 5.13. The third kappa shape index (κ3) is 4.87. The van der Waals surface area contributed by atoms with Crippen molar-refractivity contribution in [3.8, 4) is 0 Å². The SMILES string of the molecule is CC(C)(C)OC(=O)N[C@@H](CN1CCCc2ccccc21)C(=O)O. The van der Waals surface area contributed by atoms with Gasteiger partial charge in [-0.15, -0.1) is 0 Å². The summed E-state index contributed by atoms with van der Waals surface area (Å²) in [7, 11) is 0. The molecule has 1 aromatic carbocycles. The molecule has 23 heavy (non-hydrogen) atoms. The van der Waals surface area contributed by atoms with Crippen LogP contribution in [0.15, 0.2) is 24.3 Å². The van der Waals surface area contributed by atoms with Crippen LogP contribution in [0.1, 0.15) is 32.8 Å². The van der Waals surface area contributed by atoms with Gasteiger partial charge in [0, 0.05) is 18.8 Å². The normalized spacial score (nSPS) is 15.5. The number of carboxylic acids is 1. The topological polar surface area (TPSA) is 78.9 Å². The number of aryl methyl sites for hydroxylation is 1. The van der Waals surface area contributed by atoms with Gasteiger partial charge in [-0.1, -0.05) is 18.2 Å². The molecule has 1 atom stereocenters. The Morgan fingerprint density at radius 1 is 1.35 bits per heavy atom. The number of carbonyl (C=O) groups is 2. The Labute approximate surface area is 136 Å². The van der Waals surface area contributed by atoms with E-state index in [0.29, 0.717) is 0 Å². The fraction of sp³-hybridized carbons (Fsp3) is 0.529. The number of alkyl carbamates (subject to hydrolysis) is 1. The Morgan fingerprint density at radius 2 is 2.04 bits per heavy atom. The van der Waals surface area contributed by atoms with Gasteiger partial charge in [0.25, 0.3) is 0 Å². The predicted molar refractivity (Wildman–Crippen MR) is 87.8 cm³/mol. The maximum absolute atomic E-state index is 11.8. The fourth-order valence-electron chi connectivity index (χ4n) is 2.66. The highest BCUT2D eigenvalue weighted by atomic mass is 16.6. The highest BCUT2D eigenvalue weighted by molar-refractivity contribution is 5.81. The van der Waals surface area contributed by atoms with Gasteiger partial charge < -0.3 is 20.1 Å². The summed E-state index contributed by atoms with van der Waals surface area (Å²) in [6, 6.07) is 6.94. The first-order valence-corrected chi connectivity index (χ1v) is 7.81. The number of aliphatic carboxylic acids is 1. The number of nitrogens with zero attached hydrogens (tertiary/aromatic N) is 1. The molecule has 0 saturated carbocycles. The molecule has 1 amide bonds. The monoisotopic (exact) mass is 320 g/mol. The number of fused-ring (bicyclic) bond motifs is 1. The molecular weight excluding hydrogens is 296 g/mol. The molecule has 1 aliphatic heterocycles. The van der Waals surface area contributed by atoms with Crippen molar-refractivity contribution in [1.82, 2.24) is 5.32 Å². The van der Waals surface area contributed by atoms with E-state index in [0.717, 1.165) is 25.1 Å². The van der Waals surface area contributed by atoms with Gasteiger partial charge in [-0.05, 0) is 45.2 Å². The Hall–Kier alpha value is -2.24. The number of amides is 1. The number of rotatable bonds is 4. The lowest BCUT2D eigenvalue weighted by Gasteiger charge is -2.33. The van der Waals surface area contributed by atoms with Crippen LogP contribution in [-0.4, -0.2) is 41.9 Å². The van der Waals surface area contributed by atoms with E-state index in [1.54, 1.807) is 20.8 Å². The number of ether oxygens (including phenoxy) is 1. The molecule has 6 heteroatoms. The number of benzene rings is 1. The van der Waals surface area contributed by atoms with Crippen LogP contribution in [0.5, 0.6) is 0 Å². The summed E-state index contributed by atoms with van der Waals surface area (Å²) >= 11 is 0. The zero-order valence-electron chi connectivity index (χ0n) is 13.8. The summed E-state index contributed by atoms with van der Waals surface area (Å²) in [6.07, 6.45) is 1.25. The van der Waals surface area contributed by atoms with Gasteiger partial charge >= 0.3 is 12.1 Å². The van der Waals surface area contributed by atoms with Crippen LogP contribution >= 0.6 is 0 Å². The van der Waals surface area contributed by atoms with E-state index in [9.17, 15) is 14.7 Å². The molecule has 0 bridgehead atoms. The van der Waals surface area contributed by atoms with Crippen LogP contribution in [0, 0.1) is 0 Å². The van der Waals surface area contributed by atoms with Crippen molar-refractivity contribution in [2.45, 2.75) is 45.3 Å². The zero-order valence-corrected chi connectivity index (χ0v) is 13.8. The fourth-order valence-corrected chi connectivity index (χ4v) is 2.66. The van der Waals surface area contributed by atoms with Crippen LogP contribution in [0.4, 0.5) is 10.5 Å². The largest absolute Gasteiger partial charge is 0.480 e. The molecule has 0 radical (unpaired) electrons. The summed E-state index contributed by atoms with van der Waals surface area (Å²) in [5.74, 6) is -1.07. The van der Waals surface area contributed by atoms with Crippen LogP contribution < -0.4 is 10.2 Å². The van der Waals surface area contributed by atoms with Gasteiger partial charge in [0.2, 0.25) is 0 Å². The molecule has 0 fully saturated rings. The molecule has 6 nitrogen and oxygen atoms in total. The number of nitrogens with one attached hydrogen (secondary N) is 1. The summed E-state index contributed by atoms with van der Waals surface area (Å²) in [5.41, 5.74) is 1.58. The summed E-state index contributed by atoms with van der Waals surface area (Å²) in [4.78, 5) is 25.3. The molecule has 1 aromatic rings. The lowest BCUT2D eigenvalue weighted by molar-refractivity contribution is -0.139. The first kappa shape index (κ1) is 17.1. The van der Waals surface area contributed by atoms with Crippen molar-refractivity contribution in [2.75, 3.05) is 18.0 Å². The smallest absolute Gasteiger partial charge is 0.408 e. The number of anilines is 1. The number of carbonyl (C=O) groups excluding carboxylic acids is 1. The van der Waals surface area contributed by atoms with E-state index < -0.39 is 23.7 Å². The van der Waals surface area contributed by atoms with Crippen molar-refractivity contribution in [3.05, 3.63) is 29.8 Å². The third-order valence-electron chi connectivity index (χ3n) is 3.60. The van der Waals surface area contributed by atoms with E-state index in [1.807, 2.05) is 23.1 Å². The second kappa shape index (κ2) is 6.89. The highest BCUT2D eigenvalue weighted by Gasteiger charge is 2.27. The minimum Gasteiger partial charge on any atom is -0.480 e. The molecule has 1 aliphatic rings. The number of para-hydroxylation sites is 1. The Morgan fingerprint density at radius 3 is 2.70 bits per heavy atom. The second-order valence-corrected chi connectivity index (χ2v) is 6.72. The molecule has 1 heterocycles. The summed E-state index contributed by atoms with van der Waals surface area (Å²) in [5, 5.41) is 11.9. The van der Waals surface area contributed by atoms with Gasteiger partial charge in [-0.3, -0.25) is 0 Å². The van der Waals surface area contributed by atoms with Gasteiger partial charge in [0.15, 0.2) is 0 Å². The van der Waals surface area contributed by atoms with Crippen LogP contribution in [0.3, 0.4) is 0 Å². The average Bonchev–Trinajstić information content (AvgIpc) is 2.44. The van der Waals surface area contributed by atoms with E-state index in [-0.39, 0.29) is 6.54 Å². The van der Waals surface area contributed by atoms with E-state index in [2.05, 4.69) is 11.4 Å². The lowest BCUT2D eigenvalue weighted by atomic mass is 10.0. The first-order chi connectivity index (χ1) is 10.8. The average molecular weight is 320 g/mol. The second-order valence-electron chi connectivity index (χ2n) is 6.72. The zero-order chi connectivity index (χ0) is 17.0. The summed E-state index contributed by atoms with van der Waals surface area (Å²) in [6.45, 7) is 6.21. The van der Waals surface area contributed by atoms with Gasteiger partial charge in [0.05, 0.1) is 0 Å². The predicted octanol–water partition coefficient (Wildman–Crippen LogP) is 2.42. The summed E-state index contributed by atoms with van der Waals surface area (Å²) < 4.78 is 5.15. The van der Waals surface area contributed by atoms with E-state index >= 15 is 0 Å². The third-order valence-corrected chi connectivity index (χ3v) is 3.60. The molecule has 126 valence electrons. The molecule has 0 saturated heterocycles. The van der Waals surface area contributed by atoms with Crippen molar-refractivity contribution in [3.63, 3.8) is 0 Å². The van der Waals surface area contributed by atoms with Crippen molar-refractivity contribution >= 4 is 17.7 Å². The van der Waals surface area contributed by atoms with Crippen molar-refractivity contribution in [1.29, 1.82) is 0 Å². The highest BCUT2D eigenvalue weighted by Crippen LogP contribution is 2.26. The standard InChI is InChI=1S/C17H24N2O4/c1-17(2,3)23-16(22)18-13(15(20)21)11-19-10-6-8-12-7-4-5-9-14(12)19/h4-5,7,9,13H,6,8,10-11H2,1-3H3,(H,18,22)(H,20,21)/t13-/m0/s1. The van der Waals surface area contributed by atoms with Crippen LogP contribution in [0.25, 0.3) is 0 Å². The van der Waals surface area contributed by atoms with Crippen molar-refractivity contribution < 1.29 is 19.4 Å². The number of carboxylic acid groups (broad SMARTS) is 1. The molecule has 2 rings (SSSR count). The molecular formula is C17H24N2O4. The Bertz CT molecular complexity index is 580. The van der Waals surface area contributed by atoms with E-state index in [4.69, 9.17) is 4.74 Å². The van der Waals surface area contributed by atoms with E-state index in [1.165, 1.54) is 5.56 Å².